The van der Waals surface area contributed by atoms with Crippen molar-refractivity contribution in [2.45, 2.75) is 50.2 Å². The Morgan fingerprint density at radius 1 is 1.27 bits per heavy atom. The van der Waals surface area contributed by atoms with Gasteiger partial charge in [-0.3, -0.25) is 14.2 Å². The number of allylic oxidation sites excluding steroid dienone is 1. The summed E-state index contributed by atoms with van der Waals surface area (Å²) in [6.45, 7) is 4.21. The lowest BCUT2D eigenvalue weighted by Crippen LogP contribution is -2.23. The van der Waals surface area contributed by atoms with Crippen molar-refractivity contribution >= 4 is 39.1 Å². The molecule has 4 rings (SSSR count). The van der Waals surface area contributed by atoms with Crippen molar-refractivity contribution < 1.29 is 9.18 Å². The Morgan fingerprint density at radius 3 is 2.80 bits per heavy atom. The molecule has 0 N–H and O–H groups in total. The maximum Gasteiger partial charge on any atom is 0.263 e. The molecule has 2 aromatic heterocycles. The Bertz CT molecular complexity index is 1150. The number of benzene rings is 1. The molecule has 30 heavy (non-hydrogen) atoms. The van der Waals surface area contributed by atoms with Gasteiger partial charge in [0.15, 0.2) is 10.9 Å². The summed E-state index contributed by atoms with van der Waals surface area (Å²) >= 11 is 3.15. The highest BCUT2D eigenvalue weighted by Gasteiger charge is 2.22. The highest BCUT2D eigenvalue weighted by molar-refractivity contribution is 7.99. The third-order valence-electron chi connectivity index (χ3n) is 5.30. The standard InChI is InChI=1S/C23H23FN2O2S2/c1-2-13-26-22(28)20-17-6-3-4-8-19(17)30-21(20)25-23(26)29-14-5-7-18(27)15-9-11-16(24)12-10-15/h2,9-12H,1,3-8,13-14H2. The van der Waals surface area contributed by atoms with E-state index in [4.69, 9.17) is 4.98 Å². The van der Waals surface area contributed by atoms with Gasteiger partial charge in [0, 0.05) is 29.2 Å². The van der Waals surface area contributed by atoms with E-state index in [1.807, 2.05) is 0 Å². The topological polar surface area (TPSA) is 52.0 Å². The second-order valence-electron chi connectivity index (χ2n) is 7.37. The highest BCUT2D eigenvalue weighted by atomic mass is 32.2. The summed E-state index contributed by atoms with van der Waals surface area (Å²) in [7, 11) is 0. The van der Waals surface area contributed by atoms with Crippen LogP contribution in [0.25, 0.3) is 10.2 Å². The Hall–Kier alpha value is -2.25. The minimum atomic E-state index is -0.348. The number of thiophene rings is 1. The number of ketones is 1. The van der Waals surface area contributed by atoms with Crippen LogP contribution in [-0.2, 0) is 19.4 Å². The van der Waals surface area contributed by atoms with Crippen LogP contribution < -0.4 is 5.56 Å². The first-order valence-corrected chi connectivity index (χ1v) is 12.0. The van der Waals surface area contributed by atoms with Gasteiger partial charge in [-0.2, -0.15) is 0 Å². The summed E-state index contributed by atoms with van der Waals surface area (Å²) in [5.74, 6) is 0.320. The lowest BCUT2D eigenvalue weighted by Gasteiger charge is -2.12. The van der Waals surface area contributed by atoms with Crippen LogP contribution in [0, 0.1) is 5.82 Å². The number of hydrogen-bond donors (Lipinski definition) is 0. The summed E-state index contributed by atoms with van der Waals surface area (Å²) in [5.41, 5.74) is 1.73. The molecule has 0 radical (unpaired) electrons. The number of rotatable bonds is 8. The van der Waals surface area contributed by atoms with Gasteiger partial charge in [-0.15, -0.1) is 17.9 Å². The summed E-state index contributed by atoms with van der Waals surface area (Å²) in [4.78, 5) is 32.4. The van der Waals surface area contributed by atoms with Gasteiger partial charge in [-0.1, -0.05) is 17.8 Å². The number of carbonyl (C=O) groups is 1. The Balaban J connectivity index is 1.50. The molecule has 2 heterocycles. The first kappa shape index (κ1) is 21.0. The Labute approximate surface area is 182 Å². The first-order chi connectivity index (χ1) is 14.6. The van der Waals surface area contributed by atoms with Gasteiger partial charge in [-0.25, -0.2) is 9.37 Å². The van der Waals surface area contributed by atoms with Crippen LogP contribution in [0.2, 0.25) is 0 Å². The zero-order valence-electron chi connectivity index (χ0n) is 16.7. The zero-order valence-corrected chi connectivity index (χ0v) is 18.3. The van der Waals surface area contributed by atoms with Crippen molar-refractivity contribution in [3.63, 3.8) is 0 Å². The van der Waals surface area contributed by atoms with Crippen molar-refractivity contribution in [2.75, 3.05) is 5.75 Å². The molecule has 0 unspecified atom stereocenters. The third-order valence-corrected chi connectivity index (χ3v) is 7.55. The van der Waals surface area contributed by atoms with E-state index in [-0.39, 0.29) is 17.2 Å². The average Bonchev–Trinajstić information content (AvgIpc) is 3.12. The van der Waals surface area contributed by atoms with Crippen LogP contribution >= 0.6 is 23.1 Å². The quantitative estimate of drug-likeness (QED) is 0.154. The van der Waals surface area contributed by atoms with Crippen LogP contribution in [0.5, 0.6) is 0 Å². The fourth-order valence-corrected chi connectivity index (χ4v) is 6.05. The van der Waals surface area contributed by atoms with Crippen molar-refractivity contribution in [3.8, 4) is 0 Å². The SMILES string of the molecule is C=CCn1c(SCCCC(=O)c2ccc(F)cc2)nc2sc3c(c2c1=O)CCCC3. The van der Waals surface area contributed by atoms with Crippen molar-refractivity contribution in [2.24, 2.45) is 0 Å². The molecule has 0 amide bonds. The zero-order chi connectivity index (χ0) is 21.1. The van der Waals surface area contributed by atoms with E-state index in [1.165, 1.54) is 52.9 Å². The highest BCUT2D eigenvalue weighted by Crippen LogP contribution is 2.34. The number of halogens is 1. The van der Waals surface area contributed by atoms with Gasteiger partial charge in [0.2, 0.25) is 0 Å². The van der Waals surface area contributed by atoms with Gasteiger partial charge in [-0.05, 0) is 61.9 Å². The van der Waals surface area contributed by atoms with E-state index in [0.29, 0.717) is 35.9 Å². The number of Topliss-reactive ketones (excluding diaryl/α,β-unsaturated/α-hetero) is 1. The largest absolute Gasteiger partial charge is 0.294 e. The van der Waals surface area contributed by atoms with E-state index in [9.17, 15) is 14.0 Å². The predicted molar refractivity (Wildman–Crippen MR) is 121 cm³/mol. The average molecular weight is 443 g/mol. The molecule has 7 heteroatoms. The van der Waals surface area contributed by atoms with Crippen LogP contribution in [-0.4, -0.2) is 21.1 Å². The van der Waals surface area contributed by atoms with Gasteiger partial charge >= 0.3 is 0 Å². The van der Waals surface area contributed by atoms with E-state index in [0.717, 1.165) is 29.5 Å². The molecule has 1 aliphatic carbocycles. The molecular weight excluding hydrogens is 419 g/mol. The minimum Gasteiger partial charge on any atom is -0.294 e. The fourth-order valence-electron chi connectivity index (χ4n) is 3.80. The summed E-state index contributed by atoms with van der Waals surface area (Å²) in [5, 5.41) is 1.47. The van der Waals surface area contributed by atoms with E-state index >= 15 is 0 Å². The molecular formula is C23H23FN2O2S2. The molecule has 0 bridgehead atoms. The number of carbonyl (C=O) groups excluding carboxylic acids is 1. The van der Waals surface area contributed by atoms with Gasteiger partial charge in [0.1, 0.15) is 10.6 Å². The molecule has 0 fully saturated rings. The Kier molecular flexibility index (Phi) is 6.49. The maximum absolute atomic E-state index is 13.2. The van der Waals surface area contributed by atoms with Gasteiger partial charge in [0.25, 0.3) is 5.56 Å². The van der Waals surface area contributed by atoms with Crippen LogP contribution in [0.4, 0.5) is 4.39 Å². The van der Waals surface area contributed by atoms with Crippen LogP contribution in [0.1, 0.15) is 46.5 Å². The van der Waals surface area contributed by atoms with Crippen molar-refractivity contribution in [3.05, 3.63) is 69.1 Å². The lowest BCUT2D eigenvalue weighted by molar-refractivity contribution is 0.0982. The normalized spacial score (nSPS) is 13.4. The van der Waals surface area contributed by atoms with Gasteiger partial charge in [0.05, 0.1) is 5.39 Å². The molecule has 156 valence electrons. The molecule has 1 aliphatic rings. The lowest BCUT2D eigenvalue weighted by atomic mass is 9.97. The number of nitrogens with zero attached hydrogens (tertiary/aromatic N) is 2. The summed E-state index contributed by atoms with van der Waals surface area (Å²) in [6, 6.07) is 5.63. The second kappa shape index (κ2) is 9.27. The van der Waals surface area contributed by atoms with E-state index in [1.54, 1.807) is 22.0 Å². The van der Waals surface area contributed by atoms with Crippen molar-refractivity contribution in [1.29, 1.82) is 0 Å². The maximum atomic E-state index is 13.2. The second-order valence-corrected chi connectivity index (χ2v) is 9.52. The minimum absolute atomic E-state index is 0.00609. The molecule has 0 spiro atoms. The molecule has 0 saturated heterocycles. The van der Waals surface area contributed by atoms with E-state index < -0.39 is 0 Å². The molecule has 1 aromatic carbocycles. The van der Waals surface area contributed by atoms with Gasteiger partial charge < -0.3 is 0 Å². The van der Waals surface area contributed by atoms with Crippen LogP contribution in [0.15, 0.2) is 46.9 Å². The number of aryl methyl sites for hydroxylation is 2. The third kappa shape index (κ3) is 4.27. The van der Waals surface area contributed by atoms with E-state index in [2.05, 4.69) is 6.58 Å². The number of fused-ring (bicyclic) bond motifs is 3. The van der Waals surface area contributed by atoms with Crippen LogP contribution in [0.3, 0.4) is 0 Å². The molecule has 4 nitrogen and oxygen atoms in total. The number of aromatic nitrogens is 2. The molecule has 0 saturated carbocycles. The number of hydrogen-bond acceptors (Lipinski definition) is 5. The number of thioether (sulfide) groups is 1. The molecule has 3 aromatic rings. The molecule has 0 aliphatic heterocycles. The smallest absolute Gasteiger partial charge is 0.263 e. The summed E-state index contributed by atoms with van der Waals surface area (Å²) in [6.07, 6.45) is 7.03. The summed E-state index contributed by atoms with van der Waals surface area (Å²) < 4.78 is 14.7. The predicted octanol–water partition coefficient (Wildman–Crippen LogP) is 5.42. The first-order valence-electron chi connectivity index (χ1n) is 10.2. The van der Waals surface area contributed by atoms with Crippen molar-refractivity contribution in [1.82, 2.24) is 9.55 Å². The fraction of sp³-hybridized carbons (Fsp3) is 0.348. The Morgan fingerprint density at radius 2 is 2.03 bits per heavy atom. The molecule has 0 atom stereocenters. The monoisotopic (exact) mass is 442 g/mol.